The van der Waals surface area contributed by atoms with Crippen molar-refractivity contribution in [2.24, 2.45) is 0 Å². The first-order chi connectivity index (χ1) is 7.61. The van der Waals surface area contributed by atoms with Gasteiger partial charge in [-0.3, -0.25) is 4.79 Å². The fourth-order valence-corrected chi connectivity index (χ4v) is 1.09. The molecule has 0 aromatic heterocycles. The zero-order chi connectivity index (χ0) is 12.0. The lowest BCUT2D eigenvalue weighted by Gasteiger charge is -2.09. The number of hydrogen-bond donors (Lipinski definition) is 0. The molecule has 4 nitrogen and oxygen atoms in total. The van der Waals surface area contributed by atoms with Crippen molar-refractivity contribution in [3.63, 3.8) is 0 Å². The van der Waals surface area contributed by atoms with E-state index in [4.69, 9.17) is 4.74 Å². The van der Waals surface area contributed by atoms with Gasteiger partial charge in [0, 0.05) is 12.1 Å². The number of esters is 1. The molecule has 0 aliphatic rings. The molecule has 1 aromatic carbocycles. The first kappa shape index (κ1) is 12.4. The Morgan fingerprint density at radius 1 is 1.19 bits per heavy atom. The number of carbonyl (C=O) groups is 2. The van der Waals surface area contributed by atoms with Crippen molar-refractivity contribution < 1.29 is 14.3 Å². The molecule has 0 saturated carbocycles. The van der Waals surface area contributed by atoms with Gasteiger partial charge in [0.15, 0.2) is 0 Å². The molecule has 1 rings (SSSR count). The molecule has 4 heteroatoms. The summed E-state index contributed by atoms with van der Waals surface area (Å²) in [4.78, 5) is 24.7. The molecule has 0 amide bonds. The van der Waals surface area contributed by atoms with Gasteiger partial charge in [0.25, 0.3) is 5.78 Å². The van der Waals surface area contributed by atoms with Crippen LogP contribution in [0, 0.1) is 0 Å². The van der Waals surface area contributed by atoms with Crippen LogP contribution in [-0.4, -0.2) is 43.9 Å². The Bertz CT molecular complexity index is 360. The molecule has 0 radical (unpaired) electrons. The summed E-state index contributed by atoms with van der Waals surface area (Å²) in [7, 11) is 3.74. The molecular formula is C12H15NO3. The highest BCUT2D eigenvalue weighted by molar-refractivity contribution is 6.40. The van der Waals surface area contributed by atoms with Crippen LogP contribution in [0.25, 0.3) is 0 Å². The van der Waals surface area contributed by atoms with Crippen molar-refractivity contribution in [3.8, 4) is 0 Å². The first-order valence-corrected chi connectivity index (χ1v) is 5.02. The molecule has 0 saturated heterocycles. The van der Waals surface area contributed by atoms with Gasteiger partial charge in [-0.2, -0.15) is 0 Å². The molecular weight excluding hydrogens is 206 g/mol. The minimum Gasteiger partial charge on any atom is -0.458 e. The van der Waals surface area contributed by atoms with E-state index >= 15 is 0 Å². The average molecular weight is 221 g/mol. The minimum absolute atomic E-state index is 0.227. The number of benzene rings is 1. The third kappa shape index (κ3) is 3.82. The van der Waals surface area contributed by atoms with Crippen LogP contribution in [0.5, 0.6) is 0 Å². The molecule has 0 spiro atoms. The number of carbonyl (C=O) groups excluding carboxylic acids is 2. The van der Waals surface area contributed by atoms with Crippen LogP contribution in [0.1, 0.15) is 10.4 Å². The molecule has 0 N–H and O–H groups in total. The van der Waals surface area contributed by atoms with Crippen molar-refractivity contribution in [1.29, 1.82) is 0 Å². The first-order valence-electron chi connectivity index (χ1n) is 5.02. The smallest absolute Gasteiger partial charge is 0.379 e. The van der Waals surface area contributed by atoms with E-state index in [1.165, 1.54) is 0 Å². The van der Waals surface area contributed by atoms with Gasteiger partial charge < -0.3 is 9.64 Å². The summed E-state index contributed by atoms with van der Waals surface area (Å²) in [6.07, 6.45) is 0. The van der Waals surface area contributed by atoms with Gasteiger partial charge in [-0.15, -0.1) is 0 Å². The largest absolute Gasteiger partial charge is 0.458 e. The Morgan fingerprint density at radius 2 is 1.81 bits per heavy atom. The predicted octanol–water partition coefficient (Wildman–Crippen LogP) is 0.974. The van der Waals surface area contributed by atoms with E-state index in [0.717, 1.165) is 0 Å². The molecule has 0 aliphatic heterocycles. The molecule has 0 fully saturated rings. The molecule has 1 aromatic rings. The number of Topliss-reactive ketones (excluding diaryl/α,β-unsaturated/α-hetero) is 1. The van der Waals surface area contributed by atoms with Crippen LogP contribution in [0.15, 0.2) is 30.3 Å². The van der Waals surface area contributed by atoms with Gasteiger partial charge in [0.1, 0.15) is 6.61 Å². The summed E-state index contributed by atoms with van der Waals surface area (Å²) in [5.41, 5.74) is 0.359. The fraction of sp³-hybridized carbons (Fsp3) is 0.333. The molecule has 0 unspecified atom stereocenters. The molecule has 0 atom stereocenters. The summed E-state index contributed by atoms with van der Waals surface area (Å²) >= 11 is 0. The summed E-state index contributed by atoms with van der Waals surface area (Å²) in [6.45, 7) is 0.832. The molecule has 86 valence electrons. The Hall–Kier alpha value is -1.68. The van der Waals surface area contributed by atoms with Gasteiger partial charge in [-0.05, 0) is 14.1 Å². The zero-order valence-electron chi connectivity index (χ0n) is 9.47. The number of nitrogens with zero attached hydrogens (tertiary/aromatic N) is 1. The monoisotopic (exact) mass is 221 g/mol. The van der Waals surface area contributed by atoms with Crippen LogP contribution in [0.2, 0.25) is 0 Å². The summed E-state index contributed by atoms with van der Waals surface area (Å²) in [6, 6.07) is 8.39. The van der Waals surface area contributed by atoms with E-state index in [-0.39, 0.29) is 6.61 Å². The van der Waals surface area contributed by atoms with Crippen molar-refractivity contribution in [3.05, 3.63) is 35.9 Å². The quantitative estimate of drug-likeness (QED) is 0.422. The van der Waals surface area contributed by atoms with Gasteiger partial charge >= 0.3 is 5.97 Å². The summed E-state index contributed by atoms with van der Waals surface area (Å²) in [5, 5.41) is 0. The van der Waals surface area contributed by atoms with Crippen LogP contribution < -0.4 is 0 Å². The molecule has 16 heavy (non-hydrogen) atoms. The zero-order valence-corrected chi connectivity index (χ0v) is 9.47. The van der Waals surface area contributed by atoms with E-state index in [2.05, 4.69) is 0 Å². The highest BCUT2D eigenvalue weighted by Crippen LogP contribution is 2.01. The van der Waals surface area contributed by atoms with Gasteiger partial charge in [-0.1, -0.05) is 30.3 Å². The third-order valence-corrected chi connectivity index (χ3v) is 1.99. The van der Waals surface area contributed by atoms with E-state index in [9.17, 15) is 9.59 Å². The summed E-state index contributed by atoms with van der Waals surface area (Å²) < 4.78 is 4.84. The number of hydrogen-bond acceptors (Lipinski definition) is 4. The molecule has 0 heterocycles. The second kappa shape index (κ2) is 6.02. The Balaban J connectivity index is 2.46. The lowest BCUT2D eigenvalue weighted by Crippen LogP contribution is -2.24. The molecule has 0 aliphatic carbocycles. The highest BCUT2D eigenvalue weighted by atomic mass is 16.5. The van der Waals surface area contributed by atoms with Crippen LogP contribution in [0.4, 0.5) is 0 Å². The normalized spacial score (nSPS) is 10.2. The lowest BCUT2D eigenvalue weighted by atomic mass is 10.1. The second-order valence-electron chi connectivity index (χ2n) is 3.63. The fourth-order valence-electron chi connectivity index (χ4n) is 1.09. The van der Waals surface area contributed by atoms with Gasteiger partial charge in [-0.25, -0.2) is 4.79 Å². The maximum atomic E-state index is 11.5. The SMILES string of the molecule is CN(C)CCOC(=O)C(=O)c1ccccc1. The van der Waals surface area contributed by atoms with Crippen LogP contribution >= 0.6 is 0 Å². The van der Waals surface area contributed by atoms with Gasteiger partial charge in [0.05, 0.1) is 0 Å². The molecule has 0 bridgehead atoms. The van der Waals surface area contributed by atoms with E-state index < -0.39 is 11.8 Å². The number of likely N-dealkylation sites (N-methyl/N-ethyl adjacent to an activating group) is 1. The van der Waals surface area contributed by atoms with Crippen LogP contribution in [-0.2, 0) is 9.53 Å². The number of rotatable bonds is 5. The Kier molecular flexibility index (Phi) is 4.66. The second-order valence-corrected chi connectivity index (χ2v) is 3.63. The van der Waals surface area contributed by atoms with E-state index in [0.29, 0.717) is 12.1 Å². The van der Waals surface area contributed by atoms with Crippen molar-refractivity contribution >= 4 is 11.8 Å². The maximum absolute atomic E-state index is 11.5. The third-order valence-electron chi connectivity index (χ3n) is 1.99. The van der Waals surface area contributed by atoms with Crippen molar-refractivity contribution in [2.45, 2.75) is 0 Å². The summed E-state index contributed by atoms with van der Waals surface area (Å²) in [5.74, 6) is -1.40. The average Bonchev–Trinajstić information content (AvgIpc) is 2.28. The topological polar surface area (TPSA) is 46.6 Å². The maximum Gasteiger partial charge on any atom is 0.379 e. The standard InChI is InChI=1S/C12H15NO3/c1-13(2)8-9-16-12(15)11(14)10-6-4-3-5-7-10/h3-7H,8-9H2,1-2H3. The number of ketones is 1. The van der Waals surface area contributed by atoms with Crippen LogP contribution in [0.3, 0.4) is 0 Å². The van der Waals surface area contributed by atoms with E-state index in [1.807, 2.05) is 19.0 Å². The predicted molar refractivity (Wildman–Crippen MR) is 60.3 cm³/mol. The lowest BCUT2D eigenvalue weighted by molar-refractivity contribution is -0.138. The van der Waals surface area contributed by atoms with Gasteiger partial charge in [0.2, 0.25) is 0 Å². The number of ether oxygens (including phenoxy) is 1. The Labute approximate surface area is 94.8 Å². The van der Waals surface area contributed by atoms with Crippen molar-refractivity contribution in [2.75, 3.05) is 27.2 Å². The van der Waals surface area contributed by atoms with Crippen molar-refractivity contribution in [1.82, 2.24) is 4.90 Å². The minimum atomic E-state index is -0.798. The Morgan fingerprint density at radius 3 is 2.38 bits per heavy atom. The highest BCUT2D eigenvalue weighted by Gasteiger charge is 2.16. The van der Waals surface area contributed by atoms with E-state index in [1.54, 1.807) is 30.3 Å².